The van der Waals surface area contributed by atoms with Crippen LogP contribution in [-0.2, 0) is 11.2 Å². The van der Waals surface area contributed by atoms with E-state index in [1.807, 2.05) is 24.3 Å². The number of carbonyl (C=O) groups is 1. The summed E-state index contributed by atoms with van der Waals surface area (Å²) in [6.07, 6.45) is 4.87. The number of hydrogen-bond donors (Lipinski definition) is 2. The van der Waals surface area contributed by atoms with E-state index in [1.165, 1.54) is 12.8 Å². The second kappa shape index (κ2) is 6.57. The fourth-order valence-corrected chi connectivity index (χ4v) is 2.63. The van der Waals surface area contributed by atoms with Gasteiger partial charge in [-0.2, -0.15) is 0 Å². The first-order chi connectivity index (χ1) is 9.19. The van der Waals surface area contributed by atoms with E-state index in [-0.39, 0.29) is 12.5 Å². The molecule has 19 heavy (non-hydrogen) atoms. The van der Waals surface area contributed by atoms with Gasteiger partial charge in [-0.3, -0.25) is 4.79 Å². The van der Waals surface area contributed by atoms with Crippen LogP contribution in [0, 0.1) is 5.92 Å². The minimum Gasteiger partial charge on any atom is -0.490 e. The molecule has 1 saturated carbocycles. The molecule has 2 rings (SSSR count). The maximum atomic E-state index is 10.6. The predicted octanol–water partition coefficient (Wildman–Crippen LogP) is 2.21. The van der Waals surface area contributed by atoms with Gasteiger partial charge in [0.2, 0.25) is 0 Å². The lowest BCUT2D eigenvalue weighted by Gasteiger charge is -2.31. The van der Waals surface area contributed by atoms with E-state index in [0.29, 0.717) is 12.5 Å². The molecule has 0 radical (unpaired) electrons. The molecular formula is C15H21NO3. The standard InChI is InChI=1S/C15H21NO3/c16-10-12-3-1-2-4-14(12)19-13-7-5-11(6-8-13)9-15(17)18/h5-8,12,14H,1-4,9-10,16H2,(H,17,18). The van der Waals surface area contributed by atoms with Gasteiger partial charge in [-0.25, -0.2) is 0 Å². The van der Waals surface area contributed by atoms with Gasteiger partial charge < -0.3 is 15.6 Å². The number of benzene rings is 1. The van der Waals surface area contributed by atoms with Crippen LogP contribution in [0.15, 0.2) is 24.3 Å². The van der Waals surface area contributed by atoms with Crippen LogP contribution in [0.4, 0.5) is 0 Å². The predicted molar refractivity (Wildman–Crippen MR) is 73.2 cm³/mol. The third-order valence-corrected chi connectivity index (χ3v) is 3.71. The molecule has 2 atom stereocenters. The molecule has 1 aromatic carbocycles. The summed E-state index contributed by atoms with van der Waals surface area (Å²) in [6.45, 7) is 0.668. The number of hydrogen-bond acceptors (Lipinski definition) is 3. The van der Waals surface area contributed by atoms with Crippen LogP contribution < -0.4 is 10.5 Å². The highest BCUT2D eigenvalue weighted by atomic mass is 16.5. The molecule has 0 bridgehead atoms. The monoisotopic (exact) mass is 263 g/mol. The van der Waals surface area contributed by atoms with Gasteiger partial charge in [-0.05, 0) is 43.5 Å². The summed E-state index contributed by atoms with van der Waals surface area (Å²) in [5.41, 5.74) is 6.57. The van der Waals surface area contributed by atoms with Crippen molar-refractivity contribution in [2.45, 2.75) is 38.2 Å². The van der Waals surface area contributed by atoms with E-state index in [9.17, 15) is 4.79 Å². The van der Waals surface area contributed by atoms with Gasteiger partial charge in [0.15, 0.2) is 0 Å². The first-order valence-electron chi connectivity index (χ1n) is 6.86. The largest absolute Gasteiger partial charge is 0.490 e. The van der Waals surface area contributed by atoms with Crippen molar-refractivity contribution in [3.05, 3.63) is 29.8 Å². The van der Waals surface area contributed by atoms with Crippen LogP contribution in [0.2, 0.25) is 0 Å². The molecular weight excluding hydrogens is 242 g/mol. The molecule has 0 heterocycles. The highest BCUT2D eigenvalue weighted by Gasteiger charge is 2.25. The van der Waals surface area contributed by atoms with Crippen molar-refractivity contribution < 1.29 is 14.6 Å². The van der Waals surface area contributed by atoms with E-state index in [4.69, 9.17) is 15.6 Å². The molecule has 104 valence electrons. The van der Waals surface area contributed by atoms with Crippen molar-refractivity contribution in [1.29, 1.82) is 0 Å². The Morgan fingerprint density at radius 2 is 1.95 bits per heavy atom. The second-order valence-electron chi connectivity index (χ2n) is 5.15. The van der Waals surface area contributed by atoms with Gasteiger partial charge in [0.25, 0.3) is 0 Å². The molecule has 3 N–H and O–H groups in total. The quantitative estimate of drug-likeness (QED) is 0.854. The lowest BCUT2D eigenvalue weighted by molar-refractivity contribution is -0.136. The topological polar surface area (TPSA) is 72.5 Å². The molecule has 0 aromatic heterocycles. The van der Waals surface area contributed by atoms with Gasteiger partial charge in [-0.1, -0.05) is 18.6 Å². The molecule has 0 amide bonds. The lowest BCUT2D eigenvalue weighted by atomic mass is 9.86. The summed E-state index contributed by atoms with van der Waals surface area (Å²) >= 11 is 0. The molecule has 1 aromatic rings. The number of carboxylic acid groups (broad SMARTS) is 1. The molecule has 0 spiro atoms. The van der Waals surface area contributed by atoms with Crippen molar-refractivity contribution in [1.82, 2.24) is 0 Å². The Morgan fingerprint density at radius 3 is 2.58 bits per heavy atom. The summed E-state index contributed by atoms with van der Waals surface area (Å²) in [7, 11) is 0. The van der Waals surface area contributed by atoms with Gasteiger partial charge in [0.1, 0.15) is 11.9 Å². The maximum absolute atomic E-state index is 10.6. The van der Waals surface area contributed by atoms with Crippen molar-refractivity contribution >= 4 is 5.97 Å². The van der Waals surface area contributed by atoms with E-state index < -0.39 is 5.97 Å². The van der Waals surface area contributed by atoms with Crippen LogP contribution >= 0.6 is 0 Å². The summed E-state index contributed by atoms with van der Waals surface area (Å²) in [4.78, 5) is 10.6. The fourth-order valence-electron chi connectivity index (χ4n) is 2.63. The van der Waals surface area contributed by atoms with Crippen LogP contribution in [-0.4, -0.2) is 23.7 Å². The Hall–Kier alpha value is -1.55. The van der Waals surface area contributed by atoms with Crippen LogP contribution in [0.3, 0.4) is 0 Å². The Kier molecular flexibility index (Phi) is 4.80. The van der Waals surface area contributed by atoms with Gasteiger partial charge >= 0.3 is 5.97 Å². The van der Waals surface area contributed by atoms with Crippen molar-refractivity contribution in [3.63, 3.8) is 0 Å². The fraction of sp³-hybridized carbons (Fsp3) is 0.533. The van der Waals surface area contributed by atoms with E-state index in [1.54, 1.807) is 0 Å². The molecule has 0 aliphatic heterocycles. The lowest BCUT2D eigenvalue weighted by Crippen LogP contribution is -2.35. The van der Waals surface area contributed by atoms with Crippen molar-refractivity contribution in [2.75, 3.05) is 6.54 Å². The van der Waals surface area contributed by atoms with E-state index in [0.717, 1.165) is 24.2 Å². The average molecular weight is 263 g/mol. The zero-order chi connectivity index (χ0) is 13.7. The molecule has 4 nitrogen and oxygen atoms in total. The second-order valence-corrected chi connectivity index (χ2v) is 5.15. The maximum Gasteiger partial charge on any atom is 0.307 e. The highest BCUT2D eigenvalue weighted by molar-refractivity contribution is 5.70. The minimum absolute atomic E-state index is 0.0507. The van der Waals surface area contributed by atoms with Crippen LogP contribution in [0.25, 0.3) is 0 Å². The summed E-state index contributed by atoms with van der Waals surface area (Å²) in [5.74, 6) is 0.427. The molecule has 1 aliphatic rings. The van der Waals surface area contributed by atoms with Gasteiger partial charge in [0.05, 0.1) is 6.42 Å². The van der Waals surface area contributed by atoms with Gasteiger partial charge in [-0.15, -0.1) is 0 Å². The normalized spacial score (nSPS) is 23.0. The Bertz CT molecular complexity index is 416. The first-order valence-corrected chi connectivity index (χ1v) is 6.86. The Labute approximate surface area is 113 Å². The Morgan fingerprint density at radius 1 is 1.26 bits per heavy atom. The number of rotatable bonds is 5. The first kappa shape index (κ1) is 13.9. The van der Waals surface area contributed by atoms with Crippen LogP contribution in [0.5, 0.6) is 5.75 Å². The third kappa shape index (κ3) is 3.96. The van der Waals surface area contributed by atoms with Gasteiger partial charge in [0, 0.05) is 5.92 Å². The summed E-state index contributed by atoms with van der Waals surface area (Å²) < 4.78 is 5.99. The van der Waals surface area contributed by atoms with E-state index in [2.05, 4.69) is 0 Å². The SMILES string of the molecule is NCC1CCCCC1Oc1ccc(CC(=O)O)cc1. The minimum atomic E-state index is -0.816. The number of ether oxygens (including phenoxy) is 1. The Balaban J connectivity index is 1.96. The van der Waals surface area contributed by atoms with Crippen molar-refractivity contribution in [2.24, 2.45) is 11.7 Å². The zero-order valence-electron chi connectivity index (χ0n) is 11.0. The smallest absolute Gasteiger partial charge is 0.307 e. The third-order valence-electron chi connectivity index (χ3n) is 3.71. The molecule has 1 aliphatic carbocycles. The summed E-state index contributed by atoms with van der Waals surface area (Å²) in [6, 6.07) is 7.31. The number of aliphatic carboxylic acids is 1. The molecule has 1 fully saturated rings. The molecule has 0 saturated heterocycles. The molecule has 4 heteroatoms. The molecule has 2 unspecified atom stereocenters. The summed E-state index contributed by atoms with van der Waals surface area (Å²) in [5, 5.41) is 8.72. The highest BCUT2D eigenvalue weighted by Crippen LogP contribution is 2.28. The number of nitrogens with two attached hydrogens (primary N) is 1. The number of carboxylic acids is 1. The zero-order valence-corrected chi connectivity index (χ0v) is 11.0. The van der Waals surface area contributed by atoms with E-state index >= 15 is 0 Å². The van der Waals surface area contributed by atoms with Crippen molar-refractivity contribution in [3.8, 4) is 5.75 Å². The van der Waals surface area contributed by atoms with Crippen LogP contribution in [0.1, 0.15) is 31.2 Å². The average Bonchev–Trinajstić information content (AvgIpc) is 2.41.